The lowest BCUT2D eigenvalue weighted by Crippen LogP contribution is -2.19. The topological polar surface area (TPSA) is 72.5 Å². The average Bonchev–Trinajstić information content (AvgIpc) is 2.60. The van der Waals surface area contributed by atoms with Gasteiger partial charge in [-0.25, -0.2) is 0 Å². The molecule has 0 unspecified atom stereocenters. The van der Waals surface area contributed by atoms with Crippen LogP contribution in [0.25, 0.3) is 5.65 Å². The Labute approximate surface area is 117 Å². The maximum atomic E-state index is 11.3. The van der Waals surface area contributed by atoms with Crippen LogP contribution in [-0.4, -0.2) is 20.3 Å². The summed E-state index contributed by atoms with van der Waals surface area (Å²) in [5.74, 6) is 0.429. The molecule has 6 heteroatoms. The van der Waals surface area contributed by atoms with Gasteiger partial charge in [0.1, 0.15) is 0 Å². The Kier molecular flexibility index (Phi) is 3.54. The van der Waals surface area contributed by atoms with Crippen LogP contribution in [0.1, 0.15) is 38.5 Å². The number of anilines is 1. The molecule has 0 bridgehead atoms. The zero-order chi connectivity index (χ0) is 13.9. The van der Waals surface area contributed by atoms with Gasteiger partial charge in [-0.15, -0.1) is 0 Å². The quantitative estimate of drug-likeness (QED) is 0.529. The number of pyridine rings is 1. The number of imidazole rings is 1. The van der Waals surface area contributed by atoms with Gasteiger partial charge in [0.15, 0.2) is 0 Å². The van der Waals surface area contributed by atoms with E-state index in [-0.39, 0.29) is 10.7 Å². The fraction of sp³-hybridized carbons (Fsp3) is 0.500. The molecular weight excluding hydrogens is 256 g/mol. The Morgan fingerprint density at radius 3 is 2.70 bits per heavy atom. The van der Waals surface area contributed by atoms with Crippen LogP contribution < -0.4 is 5.32 Å². The largest absolute Gasteiger partial charge is 0.372 e. The molecule has 1 saturated carbocycles. The van der Waals surface area contributed by atoms with Gasteiger partial charge in [-0.3, -0.25) is 0 Å². The van der Waals surface area contributed by atoms with E-state index in [4.69, 9.17) is 0 Å². The molecule has 0 spiro atoms. The number of hydrogen-bond donors (Lipinski definition) is 1. The summed E-state index contributed by atoms with van der Waals surface area (Å²) in [6.07, 6.45) is 8.67. The number of fused-ring (bicyclic) bond motifs is 1. The Hall–Kier alpha value is -2.11. The van der Waals surface area contributed by atoms with Crippen LogP contribution in [0.15, 0.2) is 24.4 Å². The third kappa shape index (κ3) is 2.45. The SMILES string of the molecule is O=[N+]([O-])c1c(NC2CCCCCC2)nc2ccccn12. The Balaban J connectivity index is 1.93. The standard InChI is InChI=1S/C14H18N4O2/c19-18(20)14-13(15-11-7-3-1-2-4-8-11)16-12-9-5-6-10-17(12)14/h5-6,9-11,15H,1-4,7-8H2. The van der Waals surface area contributed by atoms with Crippen molar-refractivity contribution in [1.29, 1.82) is 0 Å². The van der Waals surface area contributed by atoms with E-state index >= 15 is 0 Å². The molecular formula is C14H18N4O2. The van der Waals surface area contributed by atoms with Gasteiger partial charge < -0.3 is 15.4 Å². The van der Waals surface area contributed by atoms with E-state index in [1.54, 1.807) is 18.3 Å². The van der Waals surface area contributed by atoms with E-state index in [0.29, 0.717) is 17.5 Å². The maximum Gasteiger partial charge on any atom is 0.372 e. The Morgan fingerprint density at radius 1 is 1.25 bits per heavy atom. The highest BCUT2D eigenvalue weighted by molar-refractivity contribution is 5.62. The summed E-state index contributed by atoms with van der Waals surface area (Å²) in [4.78, 5) is 15.3. The third-order valence-electron chi connectivity index (χ3n) is 3.87. The first-order valence-electron chi connectivity index (χ1n) is 7.14. The van der Waals surface area contributed by atoms with Crippen LogP contribution in [0.3, 0.4) is 0 Å². The summed E-state index contributed by atoms with van der Waals surface area (Å²) in [7, 11) is 0. The lowest BCUT2D eigenvalue weighted by atomic mass is 10.1. The molecule has 0 amide bonds. The molecule has 0 saturated heterocycles. The highest BCUT2D eigenvalue weighted by Gasteiger charge is 2.24. The fourth-order valence-electron chi connectivity index (χ4n) is 2.87. The van der Waals surface area contributed by atoms with Gasteiger partial charge in [-0.2, -0.15) is 9.38 Å². The van der Waals surface area contributed by atoms with E-state index in [1.807, 2.05) is 6.07 Å². The van der Waals surface area contributed by atoms with Crippen LogP contribution >= 0.6 is 0 Å². The monoisotopic (exact) mass is 274 g/mol. The summed E-state index contributed by atoms with van der Waals surface area (Å²) >= 11 is 0. The summed E-state index contributed by atoms with van der Waals surface area (Å²) in [5.41, 5.74) is 0.607. The van der Waals surface area contributed by atoms with E-state index in [1.165, 1.54) is 30.1 Å². The van der Waals surface area contributed by atoms with Crippen molar-refractivity contribution in [2.75, 3.05) is 5.32 Å². The fourth-order valence-corrected chi connectivity index (χ4v) is 2.87. The zero-order valence-electron chi connectivity index (χ0n) is 11.3. The maximum absolute atomic E-state index is 11.3. The number of nitro groups is 1. The van der Waals surface area contributed by atoms with Crippen molar-refractivity contribution in [3.05, 3.63) is 34.5 Å². The summed E-state index contributed by atoms with van der Waals surface area (Å²) in [6.45, 7) is 0. The van der Waals surface area contributed by atoms with Gasteiger partial charge in [0.25, 0.3) is 0 Å². The third-order valence-corrected chi connectivity index (χ3v) is 3.87. The van der Waals surface area contributed by atoms with Crippen molar-refractivity contribution in [1.82, 2.24) is 9.38 Å². The summed E-state index contributed by atoms with van der Waals surface area (Å²) in [6, 6.07) is 5.69. The van der Waals surface area contributed by atoms with Crippen molar-refractivity contribution >= 4 is 17.3 Å². The number of rotatable bonds is 3. The van der Waals surface area contributed by atoms with Gasteiger partial charge in [-0.1, -0.05) is 31.7 Å². The molecule has 1 aliphatic carbocycles. The van der Waals surface area contributed by atoms with Crippen LogP contribution in [0.2, 0.25) is 0 Å². The molecule has 2 heterocycles. The van der Waals surface area contributed by atoms with Crippen LogP contribution in [0.5, 0.6) is 0 Å². The van der Waals surface area contributed by atoms with Crippen LogP contribution in [0, 0.1) is 10.1 Å². The average molecular weight is 274 g/mol. The first-order chi connectivity index (χ1) is 9.75. The van der Waals surface area contributed by atoms with Crippen molar-refractivity contribution in [2.24, 2.45) is 0 Å². The second-order valence-corrected chi connectivity index (χ2v) is 5.30. The second kappa shape index (κ2) is 5.48. The lowest BCUT2D eigenvalue weighted by molar-refractivity contribution is -0.389. The van der Waals surface area contributed by atoms with Crippen LogP contribution in [-0.2, 0) is 0 Å². The summed E-state index contributed by atoms with van der Waals surface area (Å²) in [5, 5.41) is 14.6. The molecule has 0 radical (unpaired) electrons. The Bertz CT molecular complexity index is 615. The molecule has 0 aromatic carbocycles. The molecule has 1 N–H and O–H groups in total. The first-order valence-corrected chi connectivity index (χ1v) is 7.14. The number of nitrogens with one attached hydrogen (secondary N) is 1. The molecule has 20 heavy (non-hydrogen) atoms. The van der Waals surface area contributed by atoms with Gasteiger partial charge in [0, 0.05) is 12.1 Å². The summed E-state index contributed by atoms with van der Waals surface area (Å²) < 4.78 is 1.53. The smallest absolute Gasteiger partial charge is 0.360 e. The number of hydrogen-bond acceptors (Lipinski definition) is 4. The van der Waals surface area contributed by atoms with E-state index in [9.17, 15) is 10.1 Å². The molecule has 1 fully saturated rings. The molecule has 2 aromatic rings. The van der Waals surface area contributed by atoms with Crippen molar-refractivity contribution < 1.29 is 4.92 Å². The van der Waals surface area contributed by atoms with Gasteiger partial charge in [0.05, 0.1) is 6.20 Å². The molecule has 106 valence electrons. The number of nitrogens with zero attached hydrogens (tertiary/aromatic N) is 3. The molecule has 6 nitrogen and oxygen atoms in total. The van der Waals surface area contributed by atoms with Crippen molar-refractivity contribution in [2.45, 2.75) is 44.6 Å². The van der Waals surface area contributed by atoms with Crippen molar-refractivity contribution in [3.63, 3.8) is 0 Å². The van der Waals surface area contributed by atoms with Gasteiger partial charge in [-0.05, 0) is 23.8 Å². The van der Waals surface area contributed by atoms with E-state index in [0.717, 1.165) is 12.8 Å². The minimum absolute atomic E-state index is 0.0323. The highest BCUT2D eigenvalue weighted by atomic mass is 16.6. The lowest BCUT2D eigenvalue weighted by Gasteiger charge is -2.15. The predicted molar refractivity (Wildman–Crippen MR) is 77.0 cm³/mol. The minimum atomic E-state index is -0.362. The van der Waals surface area contributed by atoms with E-state index < -0.39 is 0 Å². The zero-order valence-corrected chi connectivity index (χ0v) is 11.3. The highest BCUT2D eigenvalue weighted by Crippen LogP contribution is 2.28. The molecule has 2 aromatic heterocycles. The number of aromatic nitrogens is 2. The second-order valence-electron chi connectivity index (χ2n) is 5.30. The van der Waals surface area contributed by atoms with Crippen molar-refractivity contribution in [3.8, 4) is 0 Å². The van der Waals surface area contributed by atoms with Crippen LogP contribution in [0.4, 0.5) is 11.6 Å². The minimum Gasteiger partial charge on any atom is -0.360 e. The normalized spacial score (nSPS) is 17.0. The first kappa shape index (κ1) is 12.9. The Morgan fingerprint density at radius 2 is 2.00 bits per heavy atom. The predicted octanol–water partition coefficient (Wildman–Crippen LogP) is 3.38. The molecule has 0 atom stereocenters. The van der Waals surface area contributed by atoms with E-state index in [2.05, 4.69) is 10.3 Å². The molecule has 3 rings (SSSR count). The van der Waals surface area contributed by atoms with Gasteiger partial charge in [0.2, 0.25) is 11.5 Å². The molecule has 1 aliphatic rings. The van der Waals surface area contributed by atoms with Gasteiger partial charge >= 0.3 is 5.82 Å². The molecule has 0 aliphatic heterocycles.